The zero-order valence-electron chi connectivity index (χ0n) is 6.44. The number of Topliss-reactive ketones (excluding diaryl/α,β-unsaturated/α-hetero) is 1. The number of aromatic hydroxyl groups is 1. The predicted molar refractivity (Wildman–Crippen MR) is 41.3 cm³/mol. The summed E-state index contributed by atoms with van der Waals surface area (Å²) in [6.07, 6.45) is 0.405. The predicted octanol–water partition coefficient (Wildman–Crippen LogP) is 0.802. The molecule has 12 heavy (non-hydrogen) atoms. The van der Waals surface area contributed by atoms with Crippen molar-refractivity contribution in [3.8, 4) is 5.75 Å². The van der Waals surface area contributed by atoms with Crippen LogP contribution in [-0.2, 0) is 0 Å². The first-order valence-corrected chi connectivity index (χ1v) is 3.31. The molecule has 0 atom stereocenters. The number of aromatic nitrogens is 1. The maximum atomic E-state index is 10.8. The molecule has 0 amide bonds. The van der Waals surface area contributed by atoms with E-state index in [0.29, 0.717) is 6.29 Å². The molecular formula is C8H7NO3. The Hall–Kier alpha value is -1.71. The first-order valence-electron chi connectivity index (χ1n) is 3.31. The lowest BCUT2D eigenvalue weighted by atomic mass is 10.2. The van der Waals surface area contributed by atoms with Gasteiger partial charge >= 0.3 is 0 Å². The van der Waals surface area contributed by atoms with E-state index in [2.05, 4.69) is 4.98 Å². The molecule has 0 saturated carbocycles. The second-order valence-corrected chi connectivity index (χ2v) is 2.27. The Morgan fingerprint density at radius 3 is 2.75 bits per heavy atom. The average Bonchev–Trinajstić information content (AvgIpc) is 2.05. The van der Waals surface area contributed by atoms with Gasteiger partial charge in [-0.2, -0.15) is 0 Å². The lowest BCUT2D eigenvalue weighted by Gasteiger charge is -1.97. The molecule has 62 valence electrons. The number of rotatable bonds is 2. The van der Waals surface area contributed by atoms with Gasteiger partial charge in [0.1, 0.15) is 17.1 Å². The molecule has 0 fully saturated rings. The largest absolute Gasteiger partial charge is 0.506 e. The van der Waals surface area contributed by atoms with Crippen LogP contribution in [0.3, 0.4) is 0 Å². The van der Waals surface area contributed by atoms with Gasteiger partial charge in [-0.3, -0.25) is 9.59 Å². The second-order valence-electron chi connectivity index (χ2n) is 2.27. The van der Waals surface area contributed by atoms with Crippen molar-refractivity contribution >= 4 is 12.1 Å². The van der Waals surface area contributed by atoms with Crippen LogP contribution in [0.2, 0.25) is 0 Å². The van der Waals surface area contributed by atoms with Crippen molar-refractivity contribution in [2.75, 3.05) is 0 Å². The van der Waals surface area contributed by atoms with Gasteiger partial charge in [0.2, 0.25) is 0 Å². The average molecular weight is 165 g/mol. The molecular weight excluding hydrogens is 158 g/mol. The smallest absolute Gasteiger partial charge is 0.178 e. The van der Waals surface area contributed by atoms with Gasteiger partial charge in [0, 0.05) is 6.92 Å². The Bertz CT molecular complexity index is 333. The summed E-state index contributed by atoms with van der Waals surface area (Å²) in [5.74, 6) is -0.451. The van der Waals surface area contributed by atoms with E-state index in [1.165, 1.54) is 19.1 Å². The molecule has 1 heterocycles. The highest BCUT2D eigenvalue weighted by Crippen LogP contribution is 2.12. The molecule has 1 rings (SSSR count). The molecule has 4 heteroatoms. The Labute approximate surface area is 68.9 Å². The Kier molecular flexibility index (Phi) is 2.19. The fourth-order valence-corrected chi connectivity index (χ4v) is 0.750. The third kappa shape index (κ3) is 1.47. The van der Waals surface area contributed by atoms with Crippen LogP contribution >= 0.6 is 0 Å². The maximum Gasteiger partial charge on any atom is 0.178 e. The molecule has 0 aromatic carbocycles. The summed E-state index contributed by atoms with van der Waals surface area (Å²) < 4.78 is 0. The number of hydrogen-bond acceptors (Lipinski definition) is 4. The molecule has 0 aliphatic heterocycles. The van der Waals surface area contributed by atoms with Crippen molar-refractivity contribution in [1.82, 2.24) is 4.98 Å². The van der Waals surface area contributed by atoms with Gasteiger partial charge in [-0.1, -0.05) is 0 Å². The molecule has 1 aromatic heterocycles. The zero-order valence-corrected chi connectivity index (χ0v) is 6.44. The van der Waals surface area contributed by atoms with E-state index in [4.69, 9.17) is 5.11 Å². The molecule has 0 radical (unpaired) electrons. The van der Waals surface area contributed by atoms with Gasteiger partial charge in [0.05, 0.1) is 0 Å². The van der Waals surface area contributed by atoms with Crippen molar-refractivity contribution in [1.29, 1.82) is 0 Å². The summed E-state index contributed by atoms with van der Waals surface area (Å²) in [6, 6.07) is 2.64. The Morgan fingerprint density at radius 2 is 2.25 bits per heavy atom. The van der Waals surface area contributed by atoms with Gasteiger partial charge in [-0.25, -0.2) is 4.98 Å². The van der Waals surface area contributed by atoms with Crippen molar-refractivity contribution in [3.05, 3.63) is 23.5 Å². The van der Waals surface area contributed by atoms with Gasteiger partial charge in [-0.05, 0) is 12.1 Å². The van der Waals surface area contributed by atoms with E-state index in [1.807, 2.05) is 0 Å². The molecule has 1 N–H and O–H groups in total. The van der Waals surface area contributed by atoms with Gasteiger partial charge < -0.3 is 5.11 Å². The normalized spacial score (nSPS) is 9.42. The van der Waals surface area contributed by atoms with Crippen LogP contribution in [0.1, 0.15) is 27.9 Å². The minimum absolute atomic E-state index is 0.109. The number of nitrogens with zero attached hydrogens (tertiary/aromatic N) is 1. The van der Waals surface area contributed by atoms with Crippen LogP contribution in [0.4, 0.5) is 0 Å². The molecule has 0 unspecified atom stereocenters. The molecule has 4 nitrogen and oxygen atoms in total. The van der Waals surface area contributed by atoms with E-state index in [0.717, 1.165) is 0 Å². The summed E-state index contributed by atoms with van der Waals surface area (Å²) in [5.41, 5.74) is 0.0672. The number of aldehydes is 1. The highest BCUT2D eigenvalue weighted by Gasteiger charge is 2.05. The van der Waals surface area contributed by atoms with Crippen molar-refractivity contribution < 1.29 is 14.7 Å². The fourth-order valence-electron chi connectivity index (χ4n) is 0.750. The number of pyridine rings is 1. The summed E-state index contributed by atoms with van der Waals surface area (Å²) in [4.78, 5) is 24.7. The first-order chi connectivity index (χ1) is 5.65. The maximum absolute atomic E-state index is 10.8. The SMILES string of the molecule is CC(=O)c1ccc(O)c(C=O)n1. The summed E-state index contributed by atoms with van der Waals surface area (Å²) in [7, 11) is 0. The van der Waals surface area contributed by atoms with Crippen LogP contribution < -0.4 is 0 Å². The Morgan fingerprint density at radius 1 is 1.58 bits per heavy atom. The monoisotopic (exact) mass is 165 g/mol. The number of carbonyl (C=O) groups is 2. The molecule has 0 aliphatic carbocycles. The third-order valence-corrected chi connectivity index (χ3v) is 1.37. The minimum atomic E-state index is -0.238. The van der Waals surface area contributed by atoms with Crippen molar-refractivity contribution in [3.63, 3.8) is 0 Å². The van der Waals surface area contributed by atoms with Crippen LogP contribution in [0.15, 0.2) is 12.1 Å². The number of carbonyl (C=O) groups excluding carboxylic acids is 2. The summed E-state index contributed by atoms with van der Waals surface area (Å²) in [5, 5.41) is 9.01. The van der Waals surface area contributed by atoms with E-state index in [-0.39, 0.29) is 22.9 Å². The van der Waals surface area contributed by atoms with E-state index < -0.39 is 0 Å². The molecule has 0 aliphatic rings. The standard InChI is InChI=1S/C8H7NO3/c1-5(11)6-2-3-8(12)7(4-10)9-6/h2-4,12H,1H3. The molecule has 1 aromatic rings. The molecule has 0 saturated heterocycles. The van der Waals surface area contributed by atoms with Crippen LogP contribution in [0.25, 0.3) is 0 Å². The van der Waals surface area contributed by atoms with Crippen LogP contribution in [0.5, 0.6) is 5.75 Å². The van der Waals surface area contributed by atoms with Crippen molar-refractivity contribution in [2.45, 2.75) is 6.92 Å². The fraction of sp³-hybridized carbons (Fsp3) is 0.125. The molecule has 0 bridgehead atoms. The van der Waals surface area contributed by atoms with Crippen LogP contribution in [0, 0.1) is 0 Å². The van der Waals surface area contributed by atoms with Gasteiger partial charge in [0.15, 0.2) is 12.1 Å². The third-order valence-electron chi connectivity index (χ3n) is 1.37. The lowest BCUT2D eigenvalue weighted by molar-refractivity contribution is 0.101. The van der Waals surface area contributed by atoms with E-state index in [1.54, 1.807) is 0 Å². The summed E-state index contributed by atoms with van der Waals surface area (Å²) >= 11 is 0. The zero-order chi connectivity index (χ0) is 9.14. The van der Waals surface area contributed by atoms with E-state index in [9.17, 15) is 9.59 Å². The number of hydrogen-bond donors (Lipinski definition) is 1. The lowest BCUT2D eigenvalue weighted by Crippen LogP contribution is -1.99. The first kappa shape index (κ1) is 8.39. The quantitative estimate of drug-likeness (QED) is 0.520. The van der Waals surface area contributed by atoms with Crippen LogP contribution in [-0.4, -0.2) is 22.2 Å². The topological polar surface area (TPSA) is 67.3 Å². The summed E-state index contributed by atoms with van der Waals surface area (Å²) in [6.45, 7) is 1.34. The molecule has 0 spiro atoms. The highest BCUT2D eigenvalue weighted by atomic mass is 16.3. The second kappa shape index (κ2) is 3.13. The van der Waals surface area contributed by atoms with Gasteiger partial charge in [-0.15, -0.1) is 0 Å². The minimum Gasteiger partial charge on any atom is -0.506 e. The number of ketones is 1. The van der Waals surface area contributed by atoms with E-state index >= 15 is 0 Å². The Balaban J connectivity index is 3.22. The van der Waals surface area contributed by atoms with Gasteiger partial charge in [0.25, 0.3) is 0 Å². The highest BCUT2D eigenvalue weighted by molar-refractivity contribution is 5.93. The van der Waals surface area contributed by atoms with Crippen molar-refractivity contribution in [2.24, 2.45) is 0 Å².